The summed E-state index contributed by atoms with van der Waals surface area (Å²) in [5, 5.41) is 9.29. The normalized spacial score (nSPS) is 10.9. The number of rotatable bonds is 0. The fourth-order valence-electron chi connectivity index (χ4n) is 1.23. The van der Waals surface area contributed by atoms with Gasteiger partial charge in [-0.3, -0.25) is 0 Å². The van der Waals surface area contributed by atoms with E-state index in [1.54, 1.807) is 0 Å². The van der Waals surface area contributed by atoms with E-state index >= 15 is 0 Å². The summed E-state index contributed by atoms with van der Waals surface area (Å²) in [7, 11) is 0. The molecule has 2 aromatic rings. The van der Waals surface area contributed by atoms with Crippen LogP contribution in [0, 0.1) is 0 Å². The minimum atomic E-state index is -1.22. The van der Waals surface area contributed by atoms with E-state index in [9.17, 15) is 4.79 Å². The number of hydrogen-bond donors (Lipinski definition) is 1. The third-order valence-corrected chi connectivity index (χ3v) is 2.82. The molecule has 2 rings (SSSR count). The Morgan fingerprint density at radius 3 is 2.47 bits per heavy atom. The third kappa shape index (κ3) is 1.65. The van der Waals surface area contributed by atoms with E-state index in [4.69, 9.17) is 39.9 Å². The molecule has 0 aliphatic rings. The minimum Gasteiger partial charge on any atom is -0.464 e. The van der Waals surface area contributed by atoms with Gasteiger partial charge in [-0.25, -0.2) is 14.3 Å². The van der Waals surface area contributed by atoms with Crippen LogP contribution in [-0.2, 0) is 0 Å². The molecule has 0 saturated carbocycles. The second-order valence-corrected chi connectivity index (χ2v) is 3.91. The second-order valence-electron chi connectivity index (χ2n) is 2.75. The van der Waals surface area contributed by atoms with Crippen LogP contribution >= 0.6 is 34.8 Å². The van der Waals surface area contributed by atoms with Gasteiger partial charge in [-0.1, -0.05) is 23.2 Å². The van der Waals surface area contributed by atoms with Gasteiger partial charge in [0, 0.05) is 0 Å². The first-order valence-electron chi connectivity index (χ1n) is 3.77. The van der Waals surface area contributed by atoms with Crippen LogP contribution in [0.4, 0.5) is 4.79 Å². The van der Waals surface area contributed by atoms with Crippen LogP contribution < -0.4 is 0 Å². The first-order valence-corrected chi connectivity index (χ1v) is 4.90. The lowest BCUT2D eigenvalue weighted by Crippen LogP contribution is -2.07. The van der Waals surface area contributed by atoms with Crippen molar-refractivity contribution in [2.75, 3.05) is 0 Å². The number of benzene rings is 1. The molecule has 15 heavy (non-hydrogen) atoms. The molecule has 0 atom stereocenters. The van der Waals surface area contributed by atoms with Gasteiger partial charge in [-0.15, -0.1) is 0 Å². The molecule has 0 fully saturated rings. The van der Waals surface area contributed by atoms with Gasteiger partial charge in [0.2, 0.25) is 5.28 Å². The number of imidazole rings is 1. The predicted octanol–water partition coefficient (Wildman–Crippen LogP) is 3.52. The molecular formula is C8H3Cl3N2O2. The number of halogens is 3. The summed E-state index contributed by atoms with van der Waals surface area (Å²) in [5.41, 5.74) is 0.693. The number of aromatic nitrogens is 2. The maximum absolute atomic E-state index is 10.9. The quantitative estimate of drug-likeness (QED) is 0.793. The van der Waals surface area contributed by atoms with E-state index in [2.05, 4.69) is 4.98 Å². The zero-order valence-electron chi connectivity index (χ0n) is 7.04. The van der Waals surface area contributed by atoms with E-state index in [-0.39, 0.29) is 10.3 Å². The van der Waals surface area contributed by atoms with Crippen molar-refractivity contribution in [3.63, 3.8) is 0 Å². The van der Waals surface area contributed by atoms with E-state index in [1.165, 1.54) is 12.1 Å². The van der Waals surface area contributed by atoms with Crippen molar-refractivity contribution in [1.82, 2.24) is 9.55 Å². The minimum absolute atomic E-state index is 0.143. The van der Waals surface area contributed by atoms with Crippen LogP contribution in [0.2, 0.25) is 15.3 Å². The first kappa shape index (κ1) is 10.5. The summed E-state index contributed by atoms with van der Waals surface area (Å²) in [4.78, 5) is 14.7. The SMILES string of the molecule is O=C(O)n1c(Cl)nc2cc(Cl)c(Cl)cc21. The third-order valence-electron chi connectivity index (χ3n) is 1.85. The van der Waals surface area contributed by atoms with E-state index in [0.29, 0.717) is 16.1 Å². The van der Waals surface area contributed by atoms with Crippen LogP contribution in [0.5, 0.6) is 0 Å². The van der Waals surface area contributed by atoms with Crippen LogP contribution in [0.15, 0.2) is 12.1 Å². The Bertz CT molecular complexity index is 565. The molecule has 7 heteroatoms. The molecule has 78 valence electrons. The average Bonchev–Trinajstić information content (AvgIpc) is 2.41. The van der Waals surface area contributed by atoms with Gasteiger partial charge in [-0.2, -0.15) is 0 Å². The monoisotopic (exact) mass is 264 g/mol. The molecule has 0 bridgehead atoms. The zero-order chi connectivity index (χ0) is 11.2. The van der Waals surface area contributed by atoms with Gasteiger partial charge in [0.15, 0.2) is 0 Å². The highest BCUT2D eigenvalue weighted by Gasteiger charge is 2.15. The van der Waals surface area contributed by atoms with E-state index in [0.717, 1.165) is 4.57 Å². The molecule has 0 amide bonds. The van der Waals surface area contributed by atoms with Crippen LogP contribution in [0.1, 0.15) is 0 Å². The Labute approximate surface area is 99.0 Å². The van der Waals surface area contributed by atoms with Crippen molar-refractivity contribution in [2.24, 2.45) is 0 Å². The highest BCUT2D eigenvalue weighted by atomic mass is 35.5. The number of carboxylic acid groups (broad SMARTS) is 1. The van der Waals surface area contributed by atoms with Crippen LogP contribution in [-0.4, -0.2) is 20.8 Å². The summed E-state index contributed by atoms with van der Waals surface area (Å²) in [6.07, 6.45) is -1.22. The number of carbonyl (C=O) groups is 1. The van der Waals surface area contributed by atoms with Gasteiger partial charge in [-0.05, 0) is 23.7 Å². The zero-order valence-corrected chi connectivity index (χ0v) is 9.31. The topological polar surface area (TPSA) is 55.1 Å². The van der Waals surface area contributed by atoms with Gasteiger partial charge in [0.1, 0.15) is 0 Å². The molecule has 1 N–H and O–H groups in total. The van der Waals surface area contributed by atoms with Gasteiger partial charge in [0.25, 0.3) is 0 Å². The van der Waals surface area contributed by atoms with Crippen molar-refractivity contribution < 1.29 is 9.90 Å². The van der Waals surface area contributed by atoms with Crippen molar-refractivity contribution in [2.45, 2.75) is 0 Å². The summed E-state index contributed by atoms with van der Waals surface area (Å²) < 4.78 is 0.832. The lowest BCUT2D eigenvalue weighted by atomic mass is 10.3. The molecule has 0 aliphatic carbocycles. The van der Waals surface area contributed by atoms with Crippen molar-refractivity contribution in [3.8, 4) is 0 Å². The fourth-order valence-corrected chi connectivity index (χ4v) is 1.80. The average molecular weight is 265 g/mol. The predicted molar refractivity (Wildman–Crippen MR) is 58.2 cm³/mol. The lowest BCUT2D eigenvalue weighted by Gasteiger charge is -1.98. The number of nitrogens with zero attached hydrogens (tertiary/aromatic N) is 2. The molecule has 0 spiro atoms. The molecule has 0 aliphatic heterocycles. The second kappa shape index (κ2) is 3.56. The van der Waals surface area contributed by atoms with Crippen molar-refractivity contribution in [3.05, 3.63) is 27.5 Å². The Balaban J connectivity index is 2.87. The largest absolute Gasteiger partial charge is 0.464 e. The Morgan fingerprint density at radius 2 is 1.87 bits per heavy atom. The van der Waals surface area contributed by atoms with Gasteiger partial charge in [0.05, 0.1) is 21.1 Å². The molecule has 0 unspecified atom stereocenters. The fraction of sp³-hybridized carbons (Fsp3) is 0. The molecule has 4 nitrogen and oxygen atoms in total. The standard InChI is InChI=1S/C8H3Cl3N2O2/c9-3-1-5-6(2-4(3)10)13(8(14)15)7(11)12-5/h1-2H,(H,14,15). The van der Waals surface area contributed by atoms with Gasteiger partial charge >= 0.3 is 6.09 Å². The number of fused-ring (bicyclic) bond motifs is 1. The molecule has 0 radical (unpaired) electrons. The highest BCUT2D eigenvalue weighted by Crippen LogP contribution is 2.29. The lowest BCUT2D eigenvalue weighted by molar-refractivity contribution is 0.197. The van der Waals surface area contributed by atoms with Crippen LogP contribution in [0.25, 0.3) is 11.0 Å². The summed E-state index contributed by atoms with van der Waals surface area (Å²) in [6, 6.07) is 2.87. The number of hydrogen-bond acceptors (Lipinski definition) is 2. The first-order chi connectivity index (χ1) is 7.00. The van der Waals surface area contributed by atoms with Gasteiger partial charge < -0.3 is 5.11 Å². The van der Waals surface area contributed by atoms with Crippen LogP contribution in [0.3, 0.4) is 0 Å². The summed E-state index contributed by atoms with van der Waals surface area (Å²) in [6.45, 7) is 0. The summed E-state index contributed by atoms with van der Waals surface area (Å²) in [5.74, 6) is 0. The highest BCUT2D eigenvalue weighted by molar-refractivity contribution is 6.42. The van der Waals surface area contributed by atoms with Crippen molar-refractivity contribution in [1.29, 1.82) is 0 Å². The van der Waals surface area contributed by atoms with E-state index in [1.807, 2.05) is 0 Å². The van der Waals surface area contributed by atoms with E-state index < -0.39 is 6.09 Å². The Kier molecular flexibility index (Phi) is 2.50. The molecule has 1 heterocycles. The maximum Gasteiger partial charge on any atom is 0.418 e. The molecular weight excluding hydrogens is 262 g/mol. The smallest absolute Gasteiger partial charge is 0.418 e. The van der Waals surface area contributed by atoms with Crippen molar-refractivity contribution >= 4 is 51.9 Å². The summed E-state index contributed by atoms with van der Waals surface area (Å²) >= 11 is 17.2. The molecule has 1 aromatic heterocycles. The Morgan fingerprint density at radius 1 is 1.27 bits per heavy atom. The molecule has 1 aromatic carbocycles. The Hall–Kier alpha value is -0.970. The molecule has 0 saturated heterocycles. The maximum atomic E-state index is 10.9.